The topological polar surface area (TPSA) is 0 Å². The van der Waals surface area contributed by atoms with E-state index in [0.717, 1.165) is 0 Å². The lowest BCUT2D eigenvalue weighted by Gasteiger charge is -2.21. The SMILES string of the molecule is CCC(C)(C)[CH]CCc1ccccc1. The molecule has 0 heterocycles. The molecular formula is C14H21. The second-order valence-electron chi connectivity index (χ2n) is 4.57. The summed E-state index contributed by atoms with van der Waals surface area (Å²) in [6.07, 6.45) is 6.02. The minimum absolute atomic E-state index is 0.398. The molecule has 0 saturated carbocycles. The van der Waals surface area contributed by atoms with Gasteiger partial charge in [0.25, 0.3) is 0 Å². The number of rotatable bonds is 5. The zero-order valence-electron chi connectivity index (χ0n) is 9.59. The fourth-order valence-electron chi connectivity index (χ4n) is 1.42. The number of benzene rings is 1. The monoisotopic (exact) mass is 189 g/mol. The summed E-state index contributed by atoms with van der Waals surface area (Å²) >= 11 is 0. The summed E-state index contributed by atoms with van der Waals surface area (Å²) < 4.78 is 0. The Bertz CT molecular complexity index is 246. The van der Waals surface area contributed by atoms with Crippen molar-refractivity contribution >= 4 is 0 Å². The molecule has 0 fully saturated rings. The molecule has 0 heteroatoms. The maximum absolute atomic E-state index is 2.44. The van der Waals surface area contributed by atoms with Gasteiger partial charge < -0.3 is 0 Å². The Morgan fingerprint density at radius 2 is 1.79 bits per heavy atom. The second-order valence-corrected chi connectivity index (χ2v) is 4.57. The highest BCUT2D eigenvalue weighted by molar-refractivity contribution is 5.15. The summed E-state index contributed by atoms with van der Waals surface area (Å²) in [7, 11) is 0. The predicted octanol–water partition coefficient (Wildman–Crippen LogP) is 4.26. The third-order valence-electron chi connectivity index (χ3n) is 2.88. The Balaban J connectivity index is 2.29. The van der Waals surface area contributed by atoms with Gasteiger partial charge in [-0.2, -0.15) is 0 Å². The molecule has 0 spiro atoms. The van der Waals surface area contributed by atoms with E-state index in [0.29, 0.717) is 5.41 Å². The van der Waals surface area contributed by atoms with Gasteiger partial charge in [0.05, 0.1) is 0 Å². The van der Waals surface area contributed by atoms with Gasteiger partial charge in [0.15, 0.2) is 0 Å². The minimum atomic E-state index is 0.398. The van der Waals surface area contributed by atoms with E-state index in [4.69, 9.17) is 0 Å². The number of hydrogen-bond donors (Lipinski definition) is 0. The largest absolute Gasteiger partial charge is 0.0649 e. The van der Waals surface area contributed by atoms with Gasteiger partial charge in [0.1, 0.15) is 0 Å². The standard InChI is InChI=1S/C14H21/c1-4-14(2,3)12-8-11-13-9-6-5-7-10-13/h5-7,9-10,12H,4,8,11H2,1-3H3. The molecule has 0 aliphatic carbocycles. The number of aryl methyl sites for hydroxylation is 1. The van der Waals surface area contributed by atoms with Crippen LogP contribution in [0, 0.1) is 11.8 Å². The van der Waals surface area contributed by atoms with Crippen molar-refractivity contribution in [1.29, 1.82) is 0 Å². The van der Waals surface area contributed by atoms with Gasteiger partial charge >= 0.3 is 0 Å². The van der Waals surface area contributed by atoms with E-state index in [2.05, 4.69) is 57.5 Å². The molecule has 0 bridgehead atoms. The van der Waals surface area contributed by atoms with E-state index in [9.17, 15) is 0 Å². The maximum Gasteiger partial charge on any atom is -0.0276 e. The molecule has 0 amide bonds. The molecule has 0 aromatic heterocycles. The number of hydrogen-bond acceptors (Lipinski definition) is 0. The Morgan fingerprint density at radius 3 is 2.36 bits per heavy atom. The molecule has 0 unspecified atom stereocenters. The zero-order valence-corrected chi connectivity index (χ0v) is 9.59. The second kappa shape index (κ2) is 5.19. The summed E-state index contributed by atoms with van der Waals surface area (Å²) in [6, 6.07) is 10.7. The first-order chi connectivity index (χ1) is 6.64. The molecule has 77 valence electrons. The van der Waals surface area contributed by atoms with E-state index < -0.39 is 0 Å². The van der Waals surface area contributed by atoms with Gasteiger partial charge in [-0.3, -0.25) is 0 Å². The fourth-order valence-corrected chi connectivity index (χ4v) is 1.42. The molecular weight excluding hydrogens is 168 g/mol. The third-order valence-corrected chi connectivity index (χ3v) is 2.88. The predicted molar refractivity (Wildman–Crippen MR) is 63.1 cm³/mol. The quantitative estimate of drug-likeness (QED) is 0.649. The van der Waals surface area contributed by atoms with Crippen LogP contribution in [0.3, 0.4) is 0 Å². The van der Waals surface area contributed by atoms with Gasteiger partial charge in [-0.05, 0) is 30.2 Å². The lowest BCUT2D eigenvalue weighted by molar-refractivity contribution is 0.406. The summed E-state index contributed by atoms with van der Waals surface area (Å²) in [5.74, 6) is 0. The van der Waals surface area contributed by atoms with Crippen LogP contribution in [0.5, 0.6) is 0 Å². The molecule has 0 saturated heterocycles. The van der Waals surface area contributed by atoms with Gasteiger partial charge in [-0.25, -0.2) is 0 Å². The van der Waals surface area contributed by atoms with Crippen molar-refractivity contribution in [1.82, 2.24) is 0 Å². The Morgan fingerprint density at radius 1 is 1.14 bits per heavy atom. The Hall–Kier alpha value is -0.780. The summed E-state index contributed by atoms with van der Waals surface area (Å²) in [5.41, 5.74) is 1.84. The highest BCUT2D eigenvalue weighted by Crippen LogP contribution is 2.25. The van der Waals surface area contributed by atoms with Gasteiger partial charge in [-0.15, -0.1) is 0 Å². The third kappa shape index (κ3) is 3.95. The molecule has 1 aromatic rings. The lowest BCUT2D eigenvalue weighted by Crippen LogP contribution is -2.10. The van der Waals surface area contributed by atoms with E-state index in [-0.39, 0.29) is 0 Å². The van der Waals surface area contributed by atoms with Crippen molar-refractivity contribution < 1.29 is 0 Å². The first kappa shape index (κ1) is 11.3. The van der Waals surface area contributed by atoms with Crippen LogP contribution in [-0.2, 0) is 6.42 Å². The molecule has 1 aromatic carbocycles. The minimum Gasteiger partial charge on any atom is -0.0649 e. The Labute approximate surface area is 88.4 Å². The van der Waals surface area contributed by atoms with E-state index in [1.165, 1.54) is 24.8 Å². The van der Waals surface area contributed by atoms with Gasteiger partial charge in [-0.1, -0.05) is 57.5 Å². The first-order valence-electron chi connectivity index (χ1n) is 5.52. The summed E-state index contributed by atoms with van der Waals surface area (Å²) in [5, 5.41) is 0. The zero-order chi connectivity index (χ0) is 10.4. The van der Waals surface area contributed by atoms with Crippen LogP contribution in [-0.4, -0.2) is 0 Å². The van der Waals surface area contributed by atoms with Gasteiger partial charge in [0, 0.05) is 0 Å². The van der Waals surface area contributed by atoms with Crippen molar-refractivity contribution in [2.75, 3.05) is 0 Å². The smallest absolute Gasteiger partial charge is 0.0276 e. The van der Waals surface area contributed by atoms with Crippen molar-refractivity contribution in [2.45, 2.75) is 40.0 Å². The molecule has 0 N–H and O–H groups in total. The molecule has 1 rings (SSSR count). The molecule has 1 radical (unpaired) electrons. The molecule has 0 aliphatic rings. The van der Waals surface area contributed by atoms with Crippen molar-refractivity contribution in [3.05, 3.63) is 42.3 Å². The molecule has 0 nitrogen and oxygen atoms in total. The molecule has 14 heavy (non-hydrogen) atoms. The average molecular weight is 189 g/mol. The lowest BCUT2D eigenvalue weighted by atomic mass is 9.84. The summed E-state index contributed by atoms with van der Waals surface area (Å²) in [4.78, 5) is 0. The van der Waals surface area contributed by atoms with Crippen LogP contribution in [0.4, 0.5) is 0 Å². The fraction of sp³-hybridized carbons (Fsp3) is 0.500. The van der Waals surface area contributed by atoms with Crippen molar-refractivity contribution in [2.24, 2.45) is 5.41 Å². The summed E-state index contributed by atoms with van der Waals surface area (Å²) in [6.45, 7) is 6.86. The van der Waals surface area contributed by atoms with Crippen LogP contribution in [0.15, 0.2) is 30.3 Å². The van der Waals surface area contributed by atoms with Crippen molar-refractivity contribution in [3.8, 4) is 0 Å². The Kier molecular flexibility index (Phi) is 4.19. The first-order valence-corrected chi connectivity index (χ1v) is 5.52. The van der Waals surface area contributed by atoms with Crippen LogP contribution in [0.2, 0.25) is 0 Å². The molecule has 0 aliphatic heterocycles. The normalized spacial score (nSPS) is 11.6. The van der Waals surface area contributed by atoms with E-state index in [1.54, 1.807) is 0 Å². The average Bonchev–Trinajstić information content (AvgIpc) is 2.19. The highest BCUT2D eigenvalue weighted by atomic mass is 14.2. The van der Waals surface area contributed by atoms with Crippen LogP contribution < -0.4 is 0 Å². The van der Waals surface area contributed by atoms with Crippen LogP contribution >= 0.6 is 0 Å². The molecule has 0 atom stereocenters. The van der Waals surface area contributed by atoms with Crippen LogP contribution in [0.1, 0.15) is 39.2 Å². The van der Waals surface area contributed by atoms with E-state index in [1.807, 2.05) is 0 Å². The van der Waals surface area contributed by atoms with Crippen LogP contribution in [0.25, 0.3) is 0 Å². The van der Waals surface area contributed by atoms with Gasteiger partial charge in [0.2, 0.25) is 0 Å². The van der Waals surface area contributed by atoms with E-state index >= 15 is 0 Å². The van der Waals surface area contributed by atoms with Crippen molar-refractivity contribution in [3.63, 3.8) is 0 Å². The highest BCUT2D eigenvalue weighted by Gasteiger charge is 2.14. The maximum atomic E-state index is 2.44.